The number of pyridine rings is 1. The lowest BCUT2D eigenvalue weighted by Crippen LogP contribution is -2.40. The fourth-order valence-electron chi connectivity index (χ4n) is 4.40. The minimum absolute atomic E-state index is 0.0588. The number of ether oxygens (including phenoxy) is 2. The van der Waals surface area contributed by atoms with Gasteiger partial charge < -0.3 is 19.2 Å². The highest BCUT2D eigenvalue weighted by Gasteiger charge is 2.31. The number of carbonyl (C=O) groups is 1. The van der Waals surface area contributed by atoms with Gasteiger partial charge in [-0.05, 0) is 37.1 Å². The smallest absolute Gasteiger partial charge is 0.260 e. The summed E-state index contributed by atoms with van der Waals surface area (Å²) in [5.41, 5.74) is 2.22. The number of rotatable bonds is 7. The van der Waals surface area contributed by atoms with Crippen molar-refractivity contribution in [1.29, 1.82) is 0 Å². The van der Waals surface area contributed by atoms with E-state index >= 15 is 0 Å². The van der Waals surface area contributed by atoms with E-state index in [1.807, 2.05) is 10.3 Å². The average Bonchev–Trinajstić information content (AvgIpc) is 3.57. The van der Waals surface area contributed by atoms with Gasteiger partial charge in [-0.1, -0.05) is 40.0 Å². The first-order chi connectivity index (χ1) is 17.9. The largest absolute Gasteiger partial charge is 0.478 e. The predicted octanol–water partition coefficient (Wildman–Crippen LogP) is 6.16. The first kappa shape index (κ1) is 26.0. The highest BCUT2D eigenvalue weighted by atomic mass is 35.5. The molecule has 194 valence electrons. The molecule has 0 aliphatic carbocycles. The topological polar surface area (TPSA) is 86.1 Å². The van der Waals surface area contributed by atoms with Gasteiger partial charge in [0.05, 0.1) is 27.9 Å². The Balaban J connectivity index is 1.14. The van der Waals surface area contributed by atoms with E-state index in [4.69, 9.17) is 54.1 Å². The van der Waals surface area contributed by atoms with Crippen LogP contribution in [0.3, 0.4) is 0 Å². The van der Waals surface area contributed by atoms with Gasteiger partial charge in [0.1, 0.15) is 5.71 Å². The quantitative estimate of drug-likeness (QED) is 0.332. The van der Waals surface area contributed by atoms with Crippen molar-refractivity contribution < 1.29 is 19.1 Å². The molecule has 1 amide bonds. The number of carbonyl (C=O) groups excluding carboxylic acids is 1. The van der Waals surface area contributed by atoms with Crippen LogP contribution in [0.4, 0.5) is 0 Å². The van der Waals surface area contributed by atoms with Gasteiger partial charge in [0.2, 0.25) is 0 Å². The molecule has 8 nitrogen and oxygen atoms in total. The van der Waals surface area contributed by atoms with Crippen molar-refractivity contribution in [3.05, 3.63) is 67.2 Å². The Kier molecular flexibility index (Phi) is 8.04. The standard InChI is InChI=1S/C25H23Cl3N4O4S/c1-34-24-20(3-2-6-29-24)35-12-22(33)32-7-4-14(5-8-32)25-30-19(13-37-25)18-11-21(36-31-18)23-16(27)9-15(26)10-17(23)28/h2-3,6,9-10,13-14,21H,4-5,7-8,11-12H2,1H3. The lowest BCUT2D eigenvalue weighted by molar-refractivity contribution is -0.134. The fraction of sp³-hybridized carbons (Fsp3) is 0.360. The molecule has 12 heteroatoms. The number of piperidine rings is 1. The van der Waals surface area contributed by atoms with Crippen molar-refractivity contribution in [2.75, 3.05) is 26.8 Å². The van der Waals surface area contributed by atoms with E-state index in [2.05, 4.69) is 10.1 Å². The van der Waals surface area contributed by atoms with Gasteiger partial charge >= 0.3 is 0 Å². The Hall–Kier alpha value is -2.59. The first-order valence-corrected chi connectivity index (χ1v) is 13.7. The third-order valence-electron chi connectivity index (χ3n) is 6.33. The van der Waals surface area contributed by atoms with Gasteiger partial charge in [-0.25, -0.2) is 9.97 Å². The summed E-state index contributed by atoms with van der Waals surface area (Å²) >= 11 is 20.3. The molecule has 2 aromatic heterocycles. The van der Waals surface area contributed by atoms with E-state index in [1.54, 1.807) is 41.8 Å². The fourth-order valence-corrected chi connectivity index (χ4v) is 6.46. The molecule has 2 aliphatic heterocycles. The number of thiazole rings is 1. The molecule has 4 heterocycles. The zero-order valence-corrected chi connectivity index (χ0v) is 22.9. The molecule has 1 aromatic carbocycles. The number of halogens is 3. The van der Waals surface area contributed by atoms with Gasteiger partial charge in [0.25, 0.3) is 11.8 Å². The van der Waals surface area contributed by atoms with E-state index < -0.39 is 0 Å². The minimum atomic E-state index is -0.388. The molecule has 0 spiro atoms. The number of nitrogens with zero attached hydrogens (tertiary/aromatic N) is 4. The van der Waals surface area contributed by atoms with Crippen LogP contribution in [0.2, 0.25) is 15.1 Å². The van der Waals surface area contributed by atoms with Gasteiger partial charge in [-0.2, -0.15) is 0 Å². The van der Waals surface area contributed by atoms with Crippen molar-refractivity contribution in [2.45, 2.75) is 31.3 Å². The Bertz CT molecular complexity index is 1300. The van der Waals surface area contributed by atoms with E-state index in [0.29, 0.717) is 51.8 Å². The SMILES string of the molecule is COc1ncccc1OCC(=O)N1CCC(c2nc(C3=NOC(c4c(Cl)cc(Cl)cc4Cl)C3)cs2)CC1. The van der Waals surface area contributed by atoms with Crippen molar-refractivity contribution in [1.82, 2.24) is 14.9 Å². The maximum absolute atomic E-state index is 12.7. The van der Waals surface area contributed by atoms with Gasteiger partial charge in [0.15, 0.2) is 18.5 Å². The normalized spacial score (nSPS) is 17.9. The molecule has 1 atom stereocenters. The predicted molar refractivity (Wildman–Crippen MR) is 143 cm³/mol. The Morgan fingerprint density at radius 3 is 2.70 bits per heavy atom. The number of hydrogen-bond acceptors (Lipinski definition) is 8. The van der Waals surface area contributed by atoms with Crippen LogP contribution in [0.25, 0.3) is 0 Å². The second-order valence-corrected chi connectivity index (χ2v) is 10.8. The maximum atomic E-state index is 12.7. The third-order valence-corrected chi connectivity index (χ3v) is 8.18. The summed E-state index contributed by atoms with van der Waals surface area (Å²) in [6.45, 7) is 1.23. The van der Waals surface area contributed by atoms with Crippen LogP contribution in [0.5, 0.6) is 11.6 Å². The zero-order chi connectivity index (χ0) is 25.9. The number of amides is 1. The van der Waals surface area contributed by atoms with Crippen LogP contribution < -0.4 is 9.47 Å². The molecule has 5 rings (SSSR count). The van der Waals surface area contributed by atoms with Gasteiger partial charge in [-0.3, -0.25) is 4.79 Å². The zero-order valence-electron chi connectivity index (χ0n) is 19.8. The number of oxime groups is 1. The molecule has 0 bridgehead atoms. The van der Waals surface area contributed by atoms with E-state index in [-0.39, 0.29) is 24.5 Å². The molecule has 2 aliphatic rings. The van der Waals surface area contributed by atoms with Crippen molar-refractivity contribution in [3.63, 3.8) is 0 Å². The summed E-state index contributed by atoms with van der Waals surface area (Å²) < 4.78 is 10.8. The Labute approximate surface area is 233 Å². The van der Waals surface area contributed by atoms with Crippen molar-refractivity contribution in [3.8, 4) is 11.6 Å². The Morgan fingerprint density at radius 2 is 1.97 bits per heavy atom. The summed E-state index contributed by atoms with van der Waals surface area (Å²) in [6.07, 6.45) is 3.39. The molecule has 0 saturated carbocycles. The summed E-state index contributed by atoms with van der Waals surface area (Å²) in [5, 5.41) is 8.65. The van der Waals surface area contributed by atoms with E-state index in [9.17, 15) is 4.79 Å². The van der Waals surface area contributed by atoms with Crippen LogP contribution in [-0.4, -0.2) is 53.3 Å². The highest BCUT2D eigenvalue weighted by Crippen LogP contribution is 2.40. The molecular weight excluding hydrogens is 559 g/mol. The first-order valence-electron chi connectivity index (χ1n) is 11.7. The number of aromatic nitrogens is 2. The molecule has 0 radical (unpaired) electrons. The summed E-state index contributed by atoms with van der Waals surface area (Å²) in [6, 6.07) is 6.75. The molecule has 1 unspecified atom stereocenters. The van der Waals surface area contributed by atoms with Crippen LogP contribution >= 0.6 is 46.1 Å². The summed E-state index contributed by atoms with van der Waals surface area (Å²) in [7, 11) is 1.52. The molecule has 1 saturated heterocycles. The van der Waals surface area contributed by atoms with E-state index in [1.165, 1.54) is 7.11 Å². The Morgan fingerprint density at radius 1 is 1.22 bits per heavy atom. The minimum Gasteiger partial charge on any atom is -0.478 e. The number of hydrogen-bond donors (Lipinski definition) is 0. The molecule has 37 heavy (non-hydrogen) atoms. The van der Waals surface area contributed by atoms with E-state index in [0.717, 1.165) is 29.3 Å². The van der Waals surface area contributed by atoms with Crippen LogP contribution in [-0.2, 0) is 9.63 Å². The molecule has 0 N–H and O–H groups in total. The highest BCUT2D eigenvalue weighted by molar-refractivity contribution is 7.10. The monoisotopic (exact) mass is 580 g/mol. The lowest BCUT2D eigenvalue weighted by atomic mass is 9.97. The third kappa shape index (κ3) is 5.80. The molecule has 3 aromatic rings. The van der Waals surface area contributed by atoms with Crippen molar-refractivity contribution >= 4 is 57.8 Å². The van der Waals surface area contributed by atoms with Crippen molar-refractivity contribution in [2.24, 2.45) is 5.16 Å². The summed E-state index contributed by atoms with van der Waals surface area (Å²) in [4.78, 5) is 29.1. The maximum Gasteiger partial charge on any atom is 0.260 e. The molecule has 1 fully saturated rings. The van der Waals surface area contributed by atoms with Gasteiger partial charge in [-0.15, -0.1) is 11.3 Å². The summed E-state index contributed by atoms with van der Waals surface area (Å²) in [5.74, 6) is 1.02. The van der Waals surface area contributed by atoms with Crippen LogP contribution in [0.1, 0.15) is 47.5 Å². The van der Waals surface area contributed by atoms with Gasteiger partial charge in [0, 0.05) is 47.6 Å². The second-order valence-electron chi connectivity index (χ2n) is 8.64. The number of methoxy groups -OCH3 is 1. The average molecular weight is 582 g/mol. The van der Waals surface area contributed by atoms with Crippen LogP contribution in [0, 0.1) is 0 Å². The molecular formula is C25H23Cl3N4O4S. The van der Waals surface area contributed by atoms with Crippen LogP contribution in [0.15, 0.2) is 41.0 Å². The second kappa shape index (κ2) is 11.4. The number of likely N-dealkylation sites (tertiary alicyclic amines) is 1. The number of benzene rings is 1. The lowest BCUT2D eigenvalue weighted by Gasteiger charge is -2.31.